The number of rotatable bonds is 2. The Hall–Kier alpha value is -1.84. The Morgan fingerprint density at radius 2 is 2.20 bits per heavy atom. The van der Waals surface area contributed by atoms with Gasteiger partial charge in [-0.3, -0.25) is 9.59 Å². The predicted octanol–water partition coefficient (Wildman–Crippen LogP) is 1.25. The number of carbonyl (C=O) groups excluding carboxylic acids is 2. The molecule has 0 amide bonds. The van der Waals surface area contributed by atoms with E-state index in [0.717, 1.165) is 5.56 Å². The van der Waals surface area contributed by atoms with Gasteiger partial charge in [0.1, 0.15) is 5.75 Å². The van der Waals surface area contributed by atoms with Crippen molar-refractivity contribution in [2.45, 2.75) is 12.3 Å². The fourth-order valence-electron chi connectivity index (χ4n) is 1.59. The summed E-state index contributed by atoms with van der Waals surface area (Å²) in [5.41, 5.74) is 0.755. The SMILES string of the molecule is COc1cccc(C2CC(=O)OC2=O)c1. The molecular formula is C11H10O4. The number of carbonyl (C=O) groups is 2. The summed E-state index contributed by atoms with van der Waals surface area (Å²) in [5.74, 6) is -0.756. The first-order valence-electron chi connectivity index (χ1n) is 4.59. The van der Waals surface area contributed by atoms with Gasteiger partial charge >= 0.3 is 11.9 Å². The quantitative estimate of drug-likeness (QED) is 0.539. The van der Waals surface area contributed by atoms with Crippen molar-refractivity contribution in [2.75, 3.05) is 7.11 Å². The standard InChI is InChI=1S/C11H10O4/c1-14-8-4-2-3-7(5-8)9-6-10(12)15-11(9)13/h2-5,9H,6H2,1H3. The number of hydrogen-bond donors (Lipinski definition) is 0. The molecule has 0 bridgehead atoms. The van der Waals surface area contributed by atoms with E-state index in [2.05, 4.69) is 4.74 Å². The Bertz CT molecular complexity index is 411. The van der Waals surface area contributed by atoms with Crippen LogP contribution in [0.4, 0.5) is 0 Å². The van der Waals surface area contributed by atoms with E-state index < -0.39 is 17.9 Å². The molecule has 1 aromatic rings. The van der Waals surface area contributed by atoms with Gasteiger partial charge < -0.3 is 9.47 Å². The Morgan fingerprint density at radius 3 is 2.80 bits per heavy atom. The smallest absolute Gasteiger partial charge is 0.321 e. The predicted molar refractivity (Wildman–Crippen MR) is 51.5 cm³/mol. The third-order valence-corrected chi connectivity index (χ3v) is 2.37. The van der Waals surface area contributed by atoms with E-state index in [1.165, 1.54) is 0 Å². The molecule has 1 aliphatic rings. The minimum absolute atomic E-state index is 0.117. The highest BCUT2D eigenvalue weighted by Gasteiger charge is 2.34. The normalized spacial score (nSPS) is 20.2. The summed E-state index contributed by atoms with van der Waals surface area (Å²) >= 11 is 0. The van der Waals surface area contributed by atoms with Gasteiger partial charge in [-0.1, -0.05) is 12.1 Å². The van der Waals surface area contributed by atoms with E-state index in [-0.39, 0.29) is 6.42 Å². The van der Waals surface area contributed by atoms with Gasteiger partial charge in [0.15, 0.2) is 0 Å². The minimum Gasteiger partial charge on any atom is -0.497 e. The molecule has 1 unspecified atom stereocenters. The largest absolute Gasteiger partial charge is 0.497 e. The summed E-state index contributed by atoms with van der Waals surface area (Å²) in [6.45, 7) is 0. The second-order valence-electron chi connectivity index (χ2n) is 3.33. The van der Waals surface area contributed by atoms with Crippen molar-refractivity contribution >= 4 is 11.9 Å². The summed E-state index contributed by atoms with van der Waals surface area (Å²) in [7, 11) is 1.55. The van der Waals surface area contributed by atoms with Crippen LogP contribution in [0.15, 0.2) is 24.3 Å². The van der Waals surface area contributed by atoms with Crippen molar-refractivity contribution in [1.82, 2.24) is 0 Å². The number of cyclic esters (lactones) is 2. The van der Waals surface area contributed by atoms with E-state index in [0.29, 0.717) is 5.75 Å². The van der Waals surface area contributed by atoms with E-state index in [9.17, 15) is 9.59 Å². The van der Waals surface area contributed by atoms with Crippen LogP contribution in [-0.2, 0) is 14.3 Å². The van der Waals surface area contributed by atoms with Gasteiger partial charge in [0.05, 0.1) is 19.4 Å². The topological polar surface area (TPSA) is 52.6 Å². The summed E-state index contributed by atoms with van der Waals surface area (Å²) in [6, 6.07) is 7.09. The van der Waals surface area contributed by atoms with Gasteiger partial charge in [-0.15, -0.1) is 0 Å². The highest BCUT2D eigenvalue weighted by atomic mass is 16.6. The molecule has 2 rings (SSSR count). The van der Waals surface area contributed by atoms with Crippen molar-refractivity contribution in [2.24, 2.45) is 0 Å². The number of hydrogen-bond acceptors (Lipinski definition) is 4. The first-order valence-corrected chi connectivity index (χ1v) is 4.59. The lowest BCUT2D eigenvalue weighted by atomic mass is 9.98. The molecular weight excluding hydrogens is 196 g/mol. The van der Waals surface area contributed by atoms with Crippen LogP contribution in [0.25, 0.3) is 0 Å². The van der Waals surface area contributed by atoms with Crippen LogP contribution in [0, 0.1) is 0 Å². The maximum Gasteiger partial charge on any atom is 0.321 e. The molecule has 4 nitrogen and oxygen atoms in total. The molecule has 0 aromatic heterocycles. The fourth-order valence-corrected chi connectivity index (χ4v) is 1.59. The first kappa shape index (κ1) is 9.71. The molecule has 4 heteroatoms. The van der Waals surface area contributed by atoms with Crippen LogP contribution in [0.3, 0.4) is 0 Å². The maximum atomic E-state index is 11.3. The van der Waals surface area contributed by atoms with Crippen LogP contribution >= 0.6 is 0 Å². The average molecular weight is 206 g/mol. The van der Waals surface area contributed by atoms with Gasteiger partial charge in [0, 0.05) is 0 Å². The second kappa shape index (κ2) is 3.73. The van der Waals surface area contributed by atoms with E-state index >= 15 is 0 Å². The molecule has 1 fully saturated rings. The molecule has 1 atom stereocenters. The summed E-state index contributed by atoms with van der Waals surface area (Å²) in [5, 5.41) is 0. The molecule has 0 spiro atoms. The van der Waals surface area contributed by atoms with Crippen LogP contribution < -0.4 is 4.74 Å². The molecule has 0 saturated carbocycles. The lowest BCUT2D eigenvalue weighted by molar-refractivity contribution is -0.152. The van der Waals surface area contributed by atoms with Crippen molar-refractivity contribution < 1.29 is 19.1 Å². The van der Waals surface area contributed by atoms with Gasteiger partial charge in [0.2, 0.25) is 0 Å². The number of esters is 2. The molecule has 0 aliphatic carbocycles. The van der Waals surface area contributed by atoms with Gasteiger partial charge in [0.25, 0.3) is 0 Å². The summed E-state index contributed by atoms with van der Waals surface area (Å²) in [6.07, 6.45) is 0.117. The fraction of sp³-hybridized carbons (Fsp3) is 0.273. The Labute approximate surface area is 86.8 Å². The van der Waals surface area contributed by atoms with E-state index in [4.69, 9.17) is 4.74 Å². The number of benzene rings is 1. The average Bonchev–Trinajstić information content (AvgIpc) is 2.58. The molecule has 15 heavy (non-hydrogen) atoms. The maximum absolute atomic E-state index is 11.3. The van der Waals surface area contributed by atoms with Crippen LogP contribution in [-0.4, -0.2) is 19.0 Å². The number of methoxy groups -OCH3 is 1. The molecule has 1 saturated heterocycles. The zero-order valence-electron chi connectivity index (χ0n) is 8.23. The highest BCUT2D eigenvalue weighted by Crippen LogP contribution is 2.29. The third-order valence-electron chi connectivity index (χ3n) is 2.37. The molecule has 0 radical (unpaired) electrons. The molecule has 1 aliphatic heterocycles. The molecule has 78 valence electrons. The lowest BCUT2D eigenvalue weighted by Gasteiger charge is -2.06. The zero-order chi connectivity index (χ0) is 10.8. The Balaban J connectivity index is 2.29. The third kappa shape index (κ3) is 1.83. The van der Waals surface area contributed by atoms with E-state index in [1.807, 2.05) is 0 Å². The monoisotopic (exact) mass is 206 g/mol. The van der Waals surface area contributed by atoms with Gasteiger partial charge in [-0.25, -0.2) is 0 Å². The second-order valence-corrected chi connectivity index (χ2v) is 3.33. The van der Waals surface area contributed by atoms with Crippen LogP contribution in [0.1, 0.15) is 17.9 Å². The van der Waals surface area contributed by atoms with E-state index in [1.54, 1.807) is 31.4 Å². The number of ether oxygens (including phenoxy) is 2. The Kier molecular flexibility index (Phi) is 2.41. The van der Waals surface area contributed by atoms with Crippen LogP contribution in [0.5, 0.6) is 5.75 Å². The summed E-state index contributed by atoms with van der Waals surface area (Å²) in [4.78, 5) is 22.2. The van der Waals surface area contributed by atoms with Gasteiger partial charge in [-0.05, 0) is 17.7 Å². The van der Waals surface area contributed by atoms with Crippen LogP contribution in [0.2, 0.25) is 0 Å². The molecule has 1 heterocycles. The highest BCUT2D eigenvalue weighted by molar-refractivity contribution is 5.97. The molecule has 0 N–H and O–H groups in total. The van der Waals surface area contributed by atoms with Crippen molar-refractivity contribution in [3.63, 3.8) is 0 Å². The zero-order valence-corrected chi connectivity index (χ0v) is 8.23. The van der Waals surface area contributed by atoms with Gasteiger partial charge in [-0.2, -0.15) is 0 Å². The lowest BCUT2D eigenvalue weighted by Crippen LogP contribution is -2.05. The Morgan fingerprint density at radius 1 is 1.40 bits per heavy atom. The van der Waals surface area contributed by atoms with Crippen molar-refractivity contribution in [3.8, 4) is 5.75 Å². The van der Waals surface area contributed by atoms with Crippen molar-refractivity contribution in [3.05, 3.63) is 29.8 Å². The molecule has 1 aromatic carbocycles. The minimum atomic E-state index is -0.479. The van der Waals surface area contributed by atoms with Crippen molar-refractivity contribution in [1.29, 1.82) is 0 Å². The first-order chi connectivity index (χ1) is 7.20. The summed E-state index contributed by atoms with van der Waals surface area (Å²) < 4.78 is 9.52.